The molecule has 1 aromatic heterocycles. The molecule has 4 heteroatoms. The van der Waals surface area contributed by atoms with E-state index in [1.54, 1.807) is 0 Å². The van der Waals surface area contributed by atoms with Crippen LogP contribution in [0.3, 0.4) is 0 Å². The van der Waals surface area contributed by atoms with Gasteiger partial charge in [0.2, 0.25) is 0 Å². The molecule has 2 aromatic carbocycles. The highest BCUT2D eigenvalue weighted by molar-refractivity contribution is 5.85. The lowest BCUT2D eigenvalue weighted by Gasteiger charge is -2.23. The molecule has 0 spiro atoms. The van der Waals surface area contributed by atoms with Crippen LogP contribution >= 0.6 is 0 Å². The van der Waals surface area contributed by atoms with E-state index in [0.717, 1.165) is 23.8 Å². The van der Waals surface area contributed by atoms with E-state index in [1.165, 1.54) is 27.9 Å². The number of para-hydroxylation sites is 1. The zero-order chi connectivity index (χ0) is 20.3. The van der Waals surface area contributed by atoms with E-state index in [0.29, 0.717) is 11.8 Å². The molecule has 1 unspecified atom stereocenters. The second-order valence-corrected chi connectivity index (χ2v) is 8.82. The van der Waals surface area contributed by atoms with Gasteiger partial charge in [-0.25, -0.2) is 9.97 Å². The summed E-state index contributed by atoms with van der Waals surface area (Å²) in [7, 11) is 2.16. The number of hydrogen-bond acceptors (Lipinski definition) is 4. The quantitative estimate of drug-likeness (QED) is 0.566. The Balaban J connectivity index is 1.67. The lowest BCUT2D eigenvalue weighted by atomic mass is 9.88. The molecule has 3 heterocycles. The first-order valence-corrected chi connectivity index (χ1v) is 10.6. The van der Waals surface area contributed by atoms with Crippen LogP contribution in [0.1, 0.15) is 56.2 Å². The van der Waals surface area contributed by atoms with Crippen molar-refractivity contribution in [3.8, 4) is 11.4 Å². The van der Waals surface area contributed by atoms with Crippen molar-refractivity contribution >= 4 is 17.2 Å². The van der Waals surface area contributed by atoms with Gasteiger partial charge in [-0.05, 0) is 34.6 Å². The minimum Gasteiger partial charge on any atom is -0.337 e. The summed E-state index contributed by atoms with van der Waals surface area (Å²) in [6.07, 6.45) is 3.33. The van der Waals surface area contributed by atoms with Crippen molar-refractivity contribution < 1.29 is 0 Å². The van der Waals surface area contributed by atoms with Gasteiger partial charge in [-0.3, -0.25) is 0 Å². The first kappa shape index (κ1) is 18.2. The van der Waals surface area contributed by atoms with Crippen molar-refractivity contribution in [2.75, 3.05) is 16.8 Å². The maximum absolute atomic E-state index is 5.12. The fourth-order valence-corrected chi connectivity index (χ4v) is 4.83. The predicted octanol–water partition coefficient (Wildman–Crippen LogP) is 5.86. The molecule has 0 aliphatic carbocycles. The van der Waals surface area contributed by atoms with Gasteiger partial charge in [-0.1, -0.05) is 64.1 Å². The third-order valence-corrected chi connectivity index (χ3v) is 6.34. The highest BCUT2D eigenvalue weighted by Crippen LogP contribution is 2.49. The average molecular weight is 385 g/mol. The van der Waals surface area contributed by atoms with Crippen LogP contribution in [0, 0.1) is 0 Å². The normalized spacial score (nSPS) is 17.1. The van der Waals surface area contributed by atoms with Crippen LogP contribution in [0.15, 0.2) is 48.7 Å². The lowest BCUT2D eigenvalue weighted by molar-refractivity contribution is 0.699. The van der Waals surface area contributed by atoms with Crippen molar-refractivity contribution in [2.45, 2.75) is 52.1 Å². The number of benzene rings is 2. The first-order valence-electron chi connectivity index (χ1n) is 10.6. The molecule has 0 N–H and O–H groups in total. The van der Waals surface area contributed by atoms with E-state index in [4.69, 9.17) is 9.97 Å². The molecule has 2 aliphatic rings. The number of rotatable bonds is 3. The minimum atomic E-state index is 0.289. The summed E-state index contributed by atoms with van der Waals surface area (Å²) in [5.74, 6) is 2.72. The Bertz CT molecular complexity index is 1060. The average Bonchev–Trinajstić information content (AvgIpc) is 3.23. The van der Waals surface area contributed by atoms with Crippen LogP contribution in [0.4, 0.5) is 17.2 Å². The Morgan fingerprint density at radius 2 is 1.59 bits per heavy atom. The molecule has 29 heavy (non-hydrogen) atoms. The molecule has 5 rings (SSSR count). The van der Waals surface area contributed by atoms with Gasteiger partial charge in [-0.2, -0.15) is 0 Å². The number of likely N-dealkylation sites (N-methyl/N-ethyl adjacent to an activating group) is 1. The molecule has 0 radical (unpaired) electrons. The minimum absolute atomic E-state index is 0.289. The SMILES string of the molecule is CC(C)c1cccc(C(C)C)c1-c1ncc2c(n1)N(C)C1Cc3ccccc3N21. The molecule has 2 aliphatic heterocycles. The Hall–Kier alpha value is -2.88. The van der Waals surface area contributed by atoms with E-state index < -0.39 is 0 Å². The molecular formula is C25H28N4. The van der Waals surface area contributed by atoms with Crippen molar-refractivity contribution in [2.24, 2.45) is 0 Å². The molecule has 0 saturated carbocycles. The fraction of sp³-hybridized carbons (Fsp3) is 0.360. The maximum Gasteiger partial charge on any atom is 0.162 e. The molecule has 0 amide bonds. The zero-order valence-electron chi connectivity index (χ0n) is 17.8. The van der Waals surface area contributed by atoms with Gasteiger partial charge >= 0.3 is 0 Å². The molecule has 4 nitrogen and oxygen atoms in total. The predicted molar refractivity (Wildman–Crippen MR) is 120 cm³/mol. The summed E-state index contributed by atoms with van der Waals surface area (Å²) >= 11 is 0. The molecular weight excluding hydrogens is 356 g/mol. The summed E-state index contributed by atoms with van der Waals surface area (Å²) in [6.45, 7) is 8.98. The molecule has 148 valence electrons. The monoisotopic (exact) mass is 384 g/mol. The summed E-state index contributed by atoms with van der Waals surface area (Å²) < 4.78 is 0. The Labute approximate surface area is 173 Å². The van der Waals surface area contributed by atoms with Crippen molar-refractivity contribution in [3.63, 3.8) is 0 Å². The van der Waals surface area contributed by atoms with Gasteiger partial charge in [0.25, 0.3) is 0 Å². The topological polar surface area (TPSA) is 32.3 Å². The molecule has 0 bridgehead atoms. The van der Waals surface area contributed by atoms with Gasteiger partial charge < -0.3 is 9.80 Å². The van der Waals surface area contributed by atoms with Gasteiger partial charge in [0.05, 0.1) is 6.20 Å². The van der Waals surface area contributed by atoms with Crippen molar-refractivity contribution in [3.05, 3.63) is 65.4 Å². The zero-order valence-corrected chi connectivity index (χ0v) is 17.8. The number of nitrogens with zero attached hydrogens (tertiary/aromatic N) is 4. The molecule has 0 fully saturated rings. The van der Waals surface area contributed by atoms with E-state index in [-0.39, 0.29) is 6.17 Å². The largest absolute Gasteiger partial charge is 0.337 e. The Morgan fingerprint density at radius 1 is 0.897 bits per heavy atom. The van der Waals surface area contributed by atoms with E-state index in [2.05, 4.69) is 87.0 Å². The lowest BCUT2D eigenvalue weighted by Crippen LogP contribution is -2.36. The van der Waals surface area contributed by atoms with Gasteiger partial charge in [0, 0.05) is 24.7 Å². The van der Waals surface area contributed by atoms with Gasteiger partial charge in [0.15, 0.2) is 11.6 Å². The number of hydrogen-bond donors (Lipinski definition) is 0. The standard InChI is InChI=1S/C25H28N4/c1-15(2)18-10-8-11-19(16(3)4)23(18)24-26-14-21-25(27-24)28(5)22-13-17-9-6-7-12-20(17)29(21)22/h6-12,14-16,22H,13H2,1-5H3. The van der Waals surface area contributed by atoms with E-state index >= 15 is 0 Å². The van der Waals surface area contributed by atoms with Gasteiger partial charge in [-0.15, -0.1) is 0 Å². The number of anilines is 3. The number of aromatic nitrogens is 2. The molecule has 3 aromatic rings. The summed E-state index contributed by atoms with van der Waals surface area (Å²) in [6, 6.07) is 15.3. The Kier molecular flexibility index (Phi) is 4.12. The van der Waals surface area contributed by atoms with Crippen LogP contribution in [0.5, 0.6) is 0 Å². The third-order valence-electron chi connectivity index (χ3n) is 6.34. The van der Waals surface area contributed by atoms with Crippen molar-refractivity contribution in [1.29, 1.82) is 0 Å². The second-order valence-electron chi connectivity index (χ2n) is 8.82. The van der Waals surface area contributed by atoms with Crippen LogP contribution in [-0.2, 0) is 6.42 Å². The summed E-state index contributed by atoms with van der Waals surface area (Å²) in [5, 5.41) is 0. The van der Waals surface area contributed by atoms with Gasteiger partial charge in [0.1, 0.15) is 11.9 Å². The third kappa shape index (κ3) is 2.65. The van der Waals surface area contributed by atoms with Crippen LogP contribution in [0.2, 0.25) is 0 Å². The summed E-state index contributed by atoms with van der Waals surface area (Å²) in [5.41, 5.74) is 7.64. The smallest absolute Gasteiger partial charge is 0.162 e. The van der Waals surface area contributed by atoms with Crippen LogP contribution in [0.25, 0.3) is 11.4 Å². The number of fused-ring (bicyclic) bond motifs is 5. The molecule has 0 saturated heterocycles. The van der Waals surface area contributed by atoms with E-state index in [9.17, 15) is 0 Å². The Morgan fingerprint density at radius 3 is 2.28 bits per heavy atom. The van der Waals surface area contributed by atoms with Crippen molar-refractivity contribution in [1.82, 2.24) is 9.97 Å². The van der Waals surface area contributed by atoms with Crippen LogP contribution in [-0.4, -0.2) is 23.2 Å². The second kappa shape index (κ2) is 6.58. The summed E-state index contributed by atoms with van der Waals surface area (Å²) in [4.78, 5) is 14.7. The fourth-order valence-electron chi connectivity index (χ4n) is 4.83. The van der Waals surface area contributed by atoms with E-state index in [1.807, 2.05) is 6.20 Å². The highest BCUT2D eigenvalue weighted by Gasteiger charge is 2.42. The first-order chi connectivity index (χ1) is 14.0. The van der Waals surface area contributed by atoms with Crippen LogP contribution < -0.4 is 9.80 Å². The maximum atomic E-state index is 5.12. The molecule has 1 atom stereocenters. The highest BCUT2D eigenvalue weighted by atomic mass is 15.4.